The van der Waals surface area contributed by atoms with Gasteiger partial charge in [0.2, 0.25) is 0 Å². The van der Waals surface area contributed by atoms with Gasteiger partial charge in [-0.05, 0) is 53.4 Å². The predicted octanol–water partition coefficient (Wildman–Crippen LogP) is 4.58. The molecule has 0 aliphatic carbocycles. The molecule has 0 saturated carbocycles. The number of phenolic OH excluding ortho intramolecular Hbond substituents is 1. The smallest absolute Gasteiger partial charge is 0.124 e. The van der Waals surface area contributed by atoms with Crippen LogP contribution in [-0.4, -0.2) is 10.1 Å². The van der Waals surface area contributed by atoms with Crippen molar-refractivity contribution in [3.8, 4) is 5.75 Å². The van der Waals surface area contributed by atoms with Crippen molar-refractivity contribution in [3.05, 3.63) is 82.1 Å². The Morgan fingerprint density at radius 2 is 1.95 bits per heavy atom. The van der Waals surface area contributed by atoms with E-state index >= 15 is 0 Å². The Kier molecular flexibility index (Phi) is 3.79. The summed E-state index contributed by atoms with van der Waals surface area (Å²) in [6.45, 7) is 0. The van der Waals surface area contributed by atoms with Gasteiger partial charge in [-0.3, -0.25) is 4.98 Å². The molecule has 0 aliphatic heterocycles. The third-order valence-electron chi connectivity index (χ3n) is 3.05. The molecule has 3 rings (SSSR count). The van der Waals surface area contributed by atoms with Gasteiger partial charge >= 0.3 is 0 Å². The summed E-state index contributed by atoms with van der Waals surface area (Å²) in [6.07, 6.45) is 5.31. The SMILES string of the molecule is Oc1ccc(F)cc1C(=Cc1ccncc1)c1cccs1. The van der Waals surface area contributed by atoms with Crippen LogP contribution in [0.25, 0.3) is 11.6 Å². The Labute approximate surface area is 125 Å². The summed E-state index contributed by atoms with van der Waals surface area (Å²) in [4.78, 5) is 4.95. The van der Waals surface area contributed by atoms with Gasteiger partial charge < -0.3 is 5.11 Å². The molecule has 0 bridgehead atoms. The lowest BCUT2D eigenvalue weighted by atomic mass is 10.0. The highest BCUT2D eigenvalue weighted by Crippen LogP contribution is 2.34. The zero-order chi connectivity index (χ0) is 14.7. The summed E-state index contributed by atoms with van der Waals surface area (Å²) in [5, 5.41) is 12.0. The minimum Gasteiger partial charge on any atom is -0.507 e. The van der Waals surface area contributed by atoms with E-state index in [1.165, 1.54) is 18.2 Å². The molecule has 0 fully saturated rings. The van der Waals surface area contributed by atoms with E-state index in [1.54, 1.807) is 23.7 Å². The largest absolute Gasteiger partial charge is 0.507 e. The van der Waals surface area contributed by atoms with Crippen molar-refractivity contribution < 1.29 is 9.50 Å². The van der Waals surface area contributed by atoms with E-state index in [4.69, 9.17) is 0 Å². The number of aromatic hydroxyl groups is 1. The minimum absolute atomic E-state index is 0.0603. The van der Waals surface area contributed by atoms with Crippen LogP contribution in [0.2, 0.25) is 0 Å². The second kappa shape index (κ2) is 5.89. The number of halogens is 1. The van der Waals surface area contributed by atoms with E-state index in [-0.39, 0.29) is 11.6 Å². The molecule has 0 atom stereocenters. The lowest BCUT2D eigenvalue weighted by molar-refractivity contribution is 0.471. The van der Waals surface area contributed by atoms with Crippen LogP contribution in [-0.2, 0) is 0 Å². The highest BCUT2D eigenvalue weighted by Gasteiger charge is 2.12. The standard InChI is InChI=1S/C17H12FNOS/c18-13-3-4-16(20)14(11-13)15(17-2-1-9-21-17)10-12-5-7-19-8-6-12/h1-11,20H. The maximum absolute atomic E-state index is 13.5. The summed E-state index contributed by atoms with van der Waals surface area (Å²) < 4.78 is 13.5. The molecule has 1 aromatic carbocycles. The van der Waals surface area contributed by atoms with Gasteiger partial charge in [0.05, 0.1) is 0 Å². The summed E-state index contributed by atoms with van der Waals surface area (Å²) in [7, 11) is 0. The second-order valence-corrected chi connectivity index (χ2v) is 5.43. The second-order valence-electron chi connectivity index (χ2n) is 4.48. The topological polar surface area (TPSA) is 33.1 Å². The van der Waals surface area contributed by atoms with Gasteiger partial charge in [-0.1, -0.05) is 6.07 Å². The summed E-state index contributed by atoms with van der Waals surface area (Å²) in [5.41, 5.74) is 2.21. The van der Waals surface area contributed by atoms with Crippen molar-refractivity contribution in [1.29, 1.82) is 0 Å². The number of pyridine rings is 1. The fraction of sp³-hybridized carbons (Fsp3) is 0. The van der Waals surface area contributed by atoms with Crippen molar-refractivity contribution in [2.45, 2.75) is 0 Å². The van der Waals surface area contributed by atoms with Gasteiger partial charge in [0.15, 0.2) is 0 Å². The van der Waals surface area contributed by atoms with E-state index in [2.05, 4.69) is 4.98 Å². The normalized spacial score (nSPS) is 11.6. The average Bonchev–Trinajstić information content (AvgIpc) is 3.03. The van der Waals surface area contributed by atoms with Gasteiger partial charge in [0.1, 0.15) is 11.6 Å². The van der Waals surface area contributed by atoms with E-state index in [9.17, 15) is 9.50 Å². The van der Waals surface area contributed by atoms with E-state index < -0.39 is 0 Å². The fourth-order valence-electron chi connectivity index (χ4n) is 2.06. The molecule has 0 spiro atoms. The minimum atomic E-state index is -0.375. The maximum Gasteiger partial charge on any atom is 0.124 e. The molecule has 3 aromatic rings. The Morgan fingerprint density at radius 3 is 2.67 bits per heavy atom. The number of rotatable bonds is 3. The van der Waals surface area contributed by atoms with Crippen molar-refractivity contribution in [2.75, 3.05) is 0 Å². The highest BCUT2D eigenvalue weighted by molar-refractivity contribution is 7.11. The molecule has 2 aromatic heterocycles. The molecule has 0 unspecified atom stereocenters. The van der Waals surface area contributed by atoms with Crippen LogP contribution in [0.15, 0.2) is 60.2 Å². The molecule has 0 amide bonds. The van der Waals surface area contributed by atoms with Crippen molar-refractivity contribution in [3.63, 3.8) is 0 Å². The first-order valence-corrected chi connectivity index (χ1v) is 7.26. The zero-order valence-corrected chi connectivity index (χ0v) is 11.8. The van der Waals surface area contributed by atoms with Crippen LogP contribution in [0.3, 0.4) is 0 Å². The first kappa shape index (κ1) is 13.5. The Hall–Kier alpha value is -2.46. The number of hydrogen-bond donors (Lipinski definition) is 1. The lowest BCUT2D eigenvalue weighted by Crippen LogP contribution is -1.88. The van der Waals surface area contributed by atoms with Gasteiger partial charge in [0, 0.05) is 28.4 Å². The number of aromatic nitrogens is 1. The van der Waals surface area contributed by atoms with Crippen LogP contribution in [0.1, 0.15) is 16.0 Å². The van der Waals surface area contributed by atoms with E-state index in [0.29, 0.717) is 5.56 Å². The lowest BCUT2D eigenvalue weighted by Gasteiger charge is -2.09. The number of benzene rings is 1. The first-order chi connectivity index (χ1) is 10.2. The quantitative estimate of drug-likeness (QED) is 0.767. The predicted molar refractivity (Wildman–Crippen MR) is 83.6 cm³/mol. The molecule has 1 N–H and O–H groups in total. The third-order valence-corrected chi connectivity index (χ3v) is 3.96. The van der Waals surface area contributed by atoms with Crippen LogP contribution >= 0.6 is 11.3 Å². The zero-order valence-electron chi connectivity index (χ0n) is 11.0. The fourth-order valence-corrected chi connectivity index (χ4v) is 2.82. The molecule has 0 radical (unpaired) electrons. The maximum atomic E-state index is 13.5. The highest BCUT2D eigenvalue weighted by atomic mass is 32.1. The number of thiophene rings is 1. The average molecular weight is 297 g/mol. The summed E-state index contributed by atoms with van der Waals surface area (Å²) in [6, 6.07) is 11.6. The number of nitrogens with zero attached hydrogens (tertiary/aromatic N) is 1. The van der Waals surface area contributed by atoms with Gasteiger partial charge in [0.25, 0.3) is 0 Å². The summed E-state index contributed by atoms with van der Waals surface area (Å²) in [5.74, 6) is -0.315. The molecule has 4 heteroatoms. The Bertz CT molecular complexity index is 767. The molecule has 21 heavy (non-hydrogen) atoms. The van der Waals surface area contributed by atoms with Crippen molar-refractivity contribution >= 4 is 23.0 Å². The van der Waals surface area contributed by atoms with Crippen LogP contribution in [0.4, 0.5) is 4.39 Å². The molecule has 0 saturated heterocycles. The van der Waals surface area contributed by atoms with Gasteiger partial charge in [-0.25, -0.2) is 4.39 Å². The number of hydrogen-bond acceptors (Lipinski definition) is 3. The Balaban J connectivity index is 2.18. The molecular formula is C17H12FNOS. The first-order valence-electron chi connectivity index (χ1n) is 6.38. The molecule has 2 heterocycles. The molecule has 0 aliphatic rings. The molecule has 104 valence electrons. The molecule has 2 nitrogen and oxygen atoms in total. The van der Waals surface area contributed by atoms with E-state index in [0.717, 1.165) is 16.0 Å². The monoisotopic (exact) mass is 297 g/mol. The summed E-state index contributed by atoms with van der Waals surface area (Å²) >= 11 is 1.54. The number of phenols is 1. The van der Waals surface area contributed by atoms with Crippen LogP contribution < -0.4 is 0 Å². The van der Waals surface area contributed by atoms with Crippen LogP contribution in [0, 0.1) is 5.82 Å². The van der Waals surface area contributed by atoms with Gasteiger partial charge in [-0.15, -0.1) is 11.3 Å². The molecular weight excluding hydrogens is 285 g/mol. The third kappa shape index (κ3) is 3.01. The Morgan fingerprint density at radius 1 is 1.14 bits per heavy atom. The van der Waals surface area contributed by atoms with E-state index in [1.807, 2.05) is 35.7 Å². The van der Waals surface area contributed by atoms with Gasteiger partial charge in [-0.2, -0.15) is 0 Å². The van der Waals surface area contributed by atoms with Crippen LogP contribution in [0.5, 0.6) is 5.75 Å². The van der Waals surface area contributed by atoms with Crippen molar-refractivity contribution in [1.82, 2.24) is 4.98 Å². The van der Waals surface area contributed by atoms with Crippen molar-refractivity contribution in [2.24, 2.45) is 0 Å².